The van der Waals surface area contributed by atoms with E-state index in [1.165, 1.54) is 30.5 Å². The van der Waals surface area contributed by atoms with Crippen molar-refractivity contribution in [3.63, 3.8) is 0 Å². The van der Waals surface area contributed by atoms with Crippen LogP contribution in [0, 0.1) is 10.1 Å². The number of non-ortho nitro benzene ring substituents is 1. The molecule has 3 rings (SSSR count). The van der Waals surface area contributed by atoms with E-state index in [0.29, 0.717) is 10.0 Å². The highest BCUT2D eigenvalue weighted by Crippen LogP contribution is 2.18. The molecule has 0 saturated carbocycles. The highest BCUT2D eigenvalue weighted by Gasteiger charge is 2.13. The molecule has 0 saturated heterocycles. The fraction of sp³-hybridized carbons (Fsp3) is 0.0556. The Hall–Kier alpha value is -3.70. The highest BCUT2D eigenvalue weighted by atomic mass is 35.5. The van der Waals surface area contributed by atoms with Crippen LogP contribution in [0.4, 0.5) is 10.8 Å². The lowest BCUT2D eigenvalue weighted by Gasteiger charge is -2.00. The van der Waals surface area contributed by atoms with Gasteiger partial charge >= 0.3 is 0 Å². The van der Waals surface area contributed by atoms with Gasteiger partial charge in [-0.25, -0.2) is 5.43 Å². The zero-order valence-electron chi connectivity index (χ0n) is 15.1. The summed E-state index contributed by atoms with van der Waals surface area (Å²) in [5.74, 6) is -0.894. The summed E-state index contributed by atoms with van der Waals surface area (Å²) in [6.45, 7) is 0. The van der Waals surface area contributed by atoms with Gasteiger partial charge in [0.05, 0.1) is 17.6 Å². The van der Waals surface area contributed by atoms with E-state index < -0.39 is 16.7 Å². The predicted octanol–water partition coefficient (Wildman–Crippen LogP) is 3.04. The van der Waals surface area contributed by atoms with E-state index >= 15 is 0 Å². The van der Waals surface area contributed by atoms with Crippen molar-refractivity contribution in [2.45, 2.75) is 6.42 Å². The number of nitrogens with zero attached hydrogens (tertiary/aromatic N) is 4. The van der Waals surface area contributed by atoms with Crippen molar-refractivity contribution >= 4 is 51.8 Å². The lowest BCUT2D eigenvalue weighted by atomic mass is 10.2. The van der Waals surface area contributed by atoms with Crippen LogP contribution in [0.1, 0.15) is 20.9 Å². The number of anilines is 1. The minimum absolute atomic E-state index is 0.0664. The molecule has 0 atom stereocenters. The summed E-state index contributed by atoms with van der Waals surface area (Å²) >= 11 is 6.83. The molecule has 2 aromatic carbocycles. The van der Waals surface area contributed by atoms with Crippen molar-refractivity contribution < 1.29 is 14.5 Å². The smallest absolute Gasteiger partial charge is 0.269 e. The third-order valence-corrected chi connectivity index (χ3v) is 4.70. The van der Waals surface area contributed by atoms with Crippen molar-refractivity contribution in [1.82, 2.24) is 15.6 Å². The number of rotatable bonds is 7. The Balaban J connectivity index is 1.51. The largest absolute Gasteiger partial charge is 0.296 e. The molecule has 0 aliphatic rings. The molecule has 0 aliphatic heterocycles. The maximum atomic E-state index is 12.2. The number of carbonyl (C=O) groups excluding carboxylic acids is 2. The molecule has 0 radical (unpaired) electrons. The molecule has 30 heavy (non-hydrogen) atoms. The first-order valence-corrected chi connectivity index (χ1v) is 9.56. The molecule has 1 heterocycles. The second-order valence-corrected chi connectivity index (χ2v) is 7.28. The molecule has 152 valence electrons. The molecule has 0 fully saturated rings. The number of hydrazone groups is 1. The van der Waals surface area contributed by atoms with Gasteiger partial charge in [-0.05, 0) is 29.8 Å². The first-order valence-electron chi connectivity index (χ1n) is 8.36. The van der Waals surface area contributed by atoms with Gasteiger partial charge in [0.2, 0.25) is 11.0 Å². The number of hydrogen-bond acceptors (Lipinski definition) is 8. The number of amides is 2. The number of hydrogen-bond donors (Lipinski definition) is 2. The second kappa shape index (κ2) is 9.67. The van der Waals surface area contributed by atoms with Crippen LogP contribution in [0.2, 0.25) is 5.02 Å². The Morgan fingerprint density at radius 3 is 2.50 bits per heavy atom. The standard InChI is InChI=1S/C18H13ClN6O4S/c19-13-5-1-11(2-6-13)10-20-22-15(26)9-16-23-24-18(30-16)21-17(27)12-3-7-14(8-4-12)25(28)29/h1-8,10H,9H2,(H,22,26)(H,21,24,27)/b20-10-. The van der Waals surface area contributed by atoms with E-state index in [9.17, 15) is 19.7 Å². The lowest BCUT2D eigenvalue weighted by molar-refractivity contribution is -0.384. The molecule has 2 amide bonds. The third kappa shape index (κ3) is 5.90. The Morgan fingerprint density at radius 1 is 1.13 bits per heavy atom. The lowest BCUT2D eigenvalue weighted by Crippen LogP contribution is -2.19. The van der Waals surface area contributed by atoms with Gasteiger partial charge in [0.25, 0.3) is 11.6 Å². The van der Waals surface area contributed by atoms with Gasteiger partial charge in [0, 0.05) is 22.7 Å². The van der Waals surface area contributed by atoms with Crippen molar-refractivity contribution in [1.29, 1.82) is 0 Å². The predicted molar refractivity (Wildman–Crippen MR) is 112 cm³/mol. The van der Waals surface area contributed by atoms with Crippen LogP contribution < -0.4 is 10.7 Å². The normalized spacial score (nSPS) is 10.7. The Morgan fingerprint density at radius 2 is 1.83 bits per heavy atom. The third-order valence-electron chi connectivity index (χ3n) is 3.61. The van der Waals surface area contributed by atoms with Gasteiger partial charge in [-0.3, -0.25) is 25.0 Å². The summed E-state index contributed by atoms with van der Waals surface area (Å²) in [4.78, 5) is 34.2. The fourth-order valence-electron chi connectivity index (χ4n) is 2.18. The molecule has 12 heteroatoms. The maximum absolute atomic E-state index is 12.2. The van der Waals surface area contributed by atoms with Crippen molar-refractivity contribution in [3.05, 3.63) is 79.8 Å². The zero-order valence-corrected chi connectivity index (χ0v) is 16.7. The van der Waals surface area contributed by atoms with Gasteiger partial charge in [0.1, 0.15) is 5.01 Å². The van der Waals surface area contributed by atoms with E-state index in [1.54, 1.807) is 24.3 Å². The number of nitro groups is 1. The van der Waals surface area contributed by atoms with Crippen molar-refractivity contribution in [3.8, 4) is 0 Å². The van der Waals surface area contributed by atoms with Crippen LogP contribution in [0.15, 0.2) is 53.6 Å². The monoisotopic (exact) mass is 444 g/mol. The van der Waals surface area contributed by atoms with Crippen LogP contribution in [-0.2, 0) is 11.2 Å². The van der Waals surface area contributed by atoms with Crippen LogP contribution in [0.3, 0.4) is 0 Å². The Labute approximate surface area is 178 Å². The van der Waals surface area contributed by atoms with Crippen molar-refractivity contribution in [2.75, 3.05) is 5.32 Å². The number of halogens is 1. The number of nitrogens with one attached hydrogen (secondary N) is 2. The summed E-state index contributed by atoms with van der Waals surface area (Å²) in [7, 11) is 0. The minimum atomic E-state index is -0.552. The molecule has 0 aliphatic carbocycles. The summed E-state index contributed by atoms with van der Waals surface area (Å²) in [6.07, 6.45) is 1.41. The molecule has 0 spiro atoms. The quantitative estimate of drug-likeness (QED) is 0.326. The summed E-state index contributed by atoms with van der Waals surface area (Å²) in [6, 6.07) is 12.1. The first-order chi connectivity index (χ1) is 14.4. The van der Waals surface area contributed by atoms with E-state index in [2.05, 4.69) is 26.0 Å². The van der Waals surface area contributed by atoms with E-state index in [-0.39, 0.29) is 22.8 Å². The van der Waals surface area contributed by atoms with Crippen LogP contribution in [-0.4, -0.2) is 33.1 Å². The van der Waals surface area contributed by atoms with E-state index in [1.807, 2.05) is 0 Å². The fourth-order valence-corrected chi connectivity index (χ4v) is 3.04. The van der Waals surface area contributed by atoms with Crippen molar-refractivity contribution in [2.24, 2.45) is 5.10 Å². The minimum Gasteiger partial charge on any atom is -0.296 e. The number of benzene rings is 2. The summed E-state index contributed by atoms with van der Waals surface area (Å²) < 4.78 is 0. The second-order valence-electron chi connectivity index (χ2n) is 5.78. The zero-order chi connectivity index (χ0) is 21.5. The SMILES string of the molecule is O=C(Cc1nnc(NC(=O)c2ccc([N+](=O)[O-])cc2)s1)N/N=C\c1ccc(Cl)cc1. The average molecular weight is 445 g/mol. The molecule has 3 aromatic rings. The van der Waals surface area contributed by atoms with Gasteiger partial charge in [0.15, 0.2) is 0 Å². The molecular formula is C18H13ClN6O4S. The summed E-state index contributed by atoms with van der Waals surface area (Å²) in [5.41, 5.74) is 3.26. The van der Waals surface area contributed by atoms with Gasteiger partial charge < -0.3 is 0 Å². The van der Waals surface area contributed by atoms with Gasteiger partial charge in [-0.2, -0.15) is 5.10 Å². The number of aromatic nitrogens is 2. The molecule has 2 N–H and O–H groups in total. The van der Waals surface area contributed by atoms with Gasteiger partial charge in [-0.1, -0.05) is 35.1 Å². The number of nitro benzene ring substituents is 1. The Bertz CT molecular complexity index is 1100. The van der Waals surface area contributed by atoms with Crippen LogP contribution in [0.25, 0.3) is 0 Å². The highest BCUT2D eigenvalue weighted by molar-refractivity contribution is 7.15. The molecule has 0 unspecified atom stereocenters. The average Bonchev–Trinajstić information content (AvgIpc) is 3.16. The molecule has 0 bridgehead atoms. The first kappa shape index (κ1) is 21.0. The number of carbonyl (C=O) groups is 2. The molecule has 1 aromatic heterocycles. The Kier molecular flexibility index (Phi) is 6.78. The molecular weight excluding hydrogens is 432 g/mol. The van der Waals surface area contributed by atoms with Gasteiger partial charge in [-0.15, -0.1) is 10.2 Å². The summed E-state index contributed by atoms with van der Waals surface area (Å²) in [5, 5.41) is 25.9. The van der Waals surface area contributed by atoms with E-state index in [0.717, 1.165) is 16.9 Å². The van der Waals surface area contributed by atoms with Crippen LogP contribution in [0.5, 0.6) is 0 Å². The van der Waals surface area contributed by atoms with Crippen LogP contribution >= 0.6 is 22.9 Å². The topological polar surface area (TPSA) is 139 Å². The maximum Gasteiger partial charge on any atom is 0.269 e. The van der Waals surface area contributed by atoms with E-state index in [4.69, 9.17) is 11.6 Å². The molecule has 10 nitrogen and oxygen atoms in total.